The Morgan fingerprint density at radius 2 is 2.33 bits per heavy atom. The summed E-state index contributed by atoms with van der Waals surface area (Å²) in [6.45, 7) is 5.33. The lowest BCUT2D eigenvalue weighted by Gasteiger charge is -2.30. The molecule has 0 unspecified atom stereocenters. The second-order valence-corrected chi connectivity index (χ2v) is 7.20. The number of anilines is 1. The van der Waals surface area contributed by atoms with Gasteiger partial charge in [0.15, 0.2) is 5.13 Å². The lowest BCUT2D eigenvalue weighted by atomic mass is 10.0. The van der Waals surface area contributed by atoms with Crippen molar-refractivity contribution in [3.05, 3.63) is 45.8 Å². The van der Waals surface area contributed by atoms with E-state index in [1.807, 2.05) is 5.38 Å². The SMILES string of the molecule is C[C@@H]1CCCN(Cc2csc(NC(=O)Cn3ccccc3=O)n2)C1. The Labute approximate surface area is 145 Å². The van der Waals surface area contributed by atoms with Crippen LogP contribution in [0.2, 0.25) is 0 Å². The predicted molar refractivity (Wildman–Crippen MR) is 95.1 cm³/mol. The number of carbonyl (C=O) groups excluding carboxylic acids is 1. The number of rotatable bonds is 5. The summed E-state index contributed by atoms with van der Waals surface area (Å²) < 4.78 is 1.37. The molecule has 0 bridgehead atoms. The van der Waals surface area contributed by atoms with Crippen LogP contribution in [0, 0.1) is 5.92 Å². The fraction of sp³-hybridized carbons (Fsp3) is 0.471. The molecular weight excluding hydrogens is 324 g/mol. The molecular formula is C17H22N4O2S. The first kappa shape index (κ1) is 16.9. The fourth-order valence-electron chi connectivity index (χ4n) is 3.00. The van der Waals surface area contributed by atoms with E-state index >= 15 is 0 Å². The number of aromatic nitrogens is 2. The summed E-state index contributed by atoms with van der Waals surface area (Å²) in [4.78, 5) is 30.6. The normalized spacial score (nSPS) is 18.5. The number of nitrogens with one attached hydrogen (secondary N) is 1. The van der Waals surface area contributed by atoms with Crippen molar-refractivity contribution in [2.45, 2.75) is 32.9 Å². The zero-order valence-corrected chi connectivity index (χ0v) is 14.6. The smallest absolute Gasteiger partial charge is 0.250 e. The largest absolute Gasteiger partial charge is 0.306 e. The van der Waals surface area contributed by atoms with Gasteiger partial charge in [-0.05, 0) is 31.4 Å². The van der Waals surface area contributed by atoms with Gasteiger partial charge in [-0.3, -0.25) is 14.5 Å². The van der Waals surface area contributed by atoms with Crippen LogP contribution in [-0.4, -0.2) is 33.4 Å². The molecule has 1 aliphatic heterocycles. The molecule has 1 N–H and O–H groups in total. The minimum atomic E-state index is -0.240. The molecule has 1 saturated heterocycles. The molecule has 0 aromatic carbocycles. The molecule has 2 aromatic rings. The topological polar surface area (TPSA) is 67.2 Å². The Bertz CT molecular complexity index is 755. The van der Waals surface area contributed by atoms with Crippen molar-refractivity contribution in [1.82, 2.24) is 14.5 Å². The Morgan fingerprint density at radius 1 is 1.46 bits per heavy atom. The van der Waals surface area contributed by atoms with E-state index in [1.54, 1.807) is 18.3 Å². The van der Waals surface area contributed by atoms with Gasteiger partial charge in [0.1, 0.15) is 6.54 Å². The number of thiazole rings is 1. The van der Waals surface area contributed by atoms with Gasteiger partial charge in [0.05, 0.1) is 5.69 Å². The molecule has 128 valence electrons. The number of hydrogen-bond donors (Lipinski definition) is 1. The van der Waals surface area contributed by atoms with Gasteiger partial charge < -0.3 is 9.88 Å². The summed E-state index contributed by atoms with van der Waals surface area (Å²) in [5, 5.41) is 5.35. The highest BCUT2D eigenvalue weighted by Gasteiger charge is 2.17. The first-order valence-electron chi connectivity index (χ1n) is 8.22. The zero-order chi connectivity index (χ0) is 16.9. The first-order chi connectivity index (χ1) is 11.6. The second-order valence-electron chi connectivity index (χ2n) is 6.34. The van der Waals surface area contributed by atoms with Gasteiger partial charge in [-0.15, -0.1) is 11.3 Å². The van der Waals surface area contributed by atoms with Crippen LogP contribution in [0.25, 0.3) is 0 Å². The van der Waals surface area contributed by atoms with Crippen LogP contribution >= 0.6 is 11.3 Å². The summed E-state index contributed by atoms with van der Waals surface area (Å²) in [6.07, 6.45) is 4.14. The Balaban J connectivity index is 1.54. The molecule has 1 amide bonds. The highest BCUT2D eigenvalue weighted by Crippen LogP contribution is 2.20. The van der Waals surface area contributed by atoms with Crippen LogP contribution in [0.3, 0.4) is 0 Å². The third-order valence-electron chi connectivity index (χ3n) is 4.14. The van der Waals surface area contributed by atoms with Crippen molar-refractivity contribution in [3.8, 4) is 0 Å². The minimum absolute atomic E-state index is 0.00176. The third kappa shape index (κ3) is 4.52. The lowest BCUT2D eigenvalue weighted by molar-refractivity contribution is -0.116. The van der Waals surface area contributed by atoms with Crippen LogP contribution in [0.5, 0.6) is 0 Å². The molecule has 0 radical (unpaired) electrons. The highest BCUT2D eigenvalue weighted by atomic mass is 32.1. The summed E-state index contributed by atoms with van der Waals surface area (Å²) in [5.41, 5.74) is 0.799. The molecule has 3 rings (SSSR count). The van der Waals surface area contributed by atoms with E-state index in [4.69, 9.17) is 0 Å². The number of piperidine rings is 1. The minimum Gasteiger partial charge on any atom is -0.306 e. The maximum atomic E-state index is 12.1. The third-order valence-corrected chi connectivity index (χ3v) is 4.94. The first-order valence-corrected chi connectivity index (χ1v) is 9.10. The molecule has 3 heterocycles. The number of nitrogens with zero attached hydrogens (tertiary/aromatic N) is 3. The van der Waals surface area contributed by atoms with E-state index in [0.29, 0.717) is 5.13 Å². The number of amides is 1. The van der Waals surface area contributed by atoms with Gasteiger partial charge >= 0.3 is 0 Å². The Morgan fingerprint density at radius 3 is 3.12 bits per heavy atom. The molecule has 1 aliphatic rings. The molecule has 24 heavy (non-hydrogen) atoms. The van der Waals surface area contributed by atoms with Gasteiger partial charge in [0, 0.05) is 30.7 Å². The average molecular weight is 346 g/mol. The fourth-order valence-corrected chi connectivity index (χ4v) is 3.72. The Kier molecular flexibility index (Phi) is 5.42. The zero-order valence-electron chi connectivity index (χ0n) is 13.8. The maximum absolute atomic E-state index is 12.1. The van der Waals surface area contributed by atoms with Crippen molar-refractivity contribution in [2.24, 2.45) is 5.92 Å². The van der Waals surface area contributed by atoms with Crippen molar-refractivity contribution in [3.63, 3.8) is 0 Å². The Hall–Kier alpha value is -1.99. The number of likely N-dealkylation sites (tertiary alicyclic amines) is 1. The van der Waals surface area contributed by atoms with E-state index in [9.17, 15) is 9.59 Å². The number of carbonyl (C=O) groups is 1. The van der Waals surface area contributed by atoms with Gasteiger partial charge in [0.2, 0.25) is 5.91 Å². The summed E-state index contributed by atoms with van der Waals surface area (Å²) >= 11 is 1.42. The second kappa shape index (κ2) is 7.72. The van der Waals surface area contributed by atoms with Crippen molar-refractivity contribution < 1.29 is 4.79 Å². The standard InChI is InChI=1S/C17H22N4O2S/c1-13-5-4-7-20(9-13)10-14-12-24-17(18-14)19-15(22)11-21-8-3-2-6-16(21)23/h2-3,6,8,12-13H,4-5,7,9-11H2,1H3,(H,18,19,22)/t13-/m1/s1. The van der Waals surface area contributed by atoms with Gasteiger partial charge in [-0.25, -0.2) is 4.98 Å². The van der Waals surface area contributed by atoms with Gasteiger partial charge in [-0.2, -0.15) is 0 Å². The van der Waals surface area contributed by atoms with Crippen molar-refractivity contribution in [1.29, 1.82) is 0 Å². The van der Waals surface area contributed by atoms with Gasteiger partial charge in [0.25, 0.3) is 5.56 Å². The van der Waals surface area contributed by atoms with Crippen LogP contribution in [-0.2, 0) is 17.9 Å². The quantitative estimate of drug-likeness (QED) is 0.901. The van der Waals surface area contributed by atoms with E-state index in [1.165, 1.54) is 34.8 Å². The molecule has 0 saturated carbocycles. The summed E-state index contributed by atoms with van der Waals surface area (Å²) in [7, 11) is 0. The monoisotopic (exact) mass is 346 g/mol. The lowest BCUT2D eigenvalue weighted by Crippen LogP contribution is -2.33. The number of hydrogen-bond acceptors (Lipinski definition) is 5. The summed E-state index contributed by atoms with van der Waals surface area (Å²) in [6, 6.07) is 4.83. The van der Waals surface area contributed by atoms with Gasteiger partial charge in [-0.1, -0.05) is 13.0 Å². The molecule has 6 nitrogen and oxygen atoms in total. The molecule has 2 aromatic heterocycles. The van der Waals surface area contributed by atoms with E-state index in [0.717, 1.165) is 31.2 Å². The van der Waals surface area contributed by atoms with Crippen molar-refractivity contribution in [2.75, 3.05) is 18.4 Å². The van der Waals surface area contributed by atoms with E-state index < -0.39 is 0 Å². The molecule has 0 aliphatic carbocycles. The molecule has 1 fully saturated rings. The average Bonchev–Trinajstić information content (AvgIpc) is 2.96. The highest BCUT2D eigenvalue weighted by molar-refractivity contribution is 7.13. The van der Waals surface area contributed by atoms with Crippen LogP contribution < -0.4 is 10.9 Å². The van der Waals surface area contributed by atoms with Crippen LogP contribution in [0.15, 0.2) is 34.6 Å². The van der Waals surface area contributed by atoms with Crippen molar-refractivity contribution >= 4 is 22.4 Å². The molecule has 0 spiro atoms. The maximum Gasteiger partial charge on any atom is 0.250 e. The molecule has 7 heteroatoms. The van der Waals surface area contributed by atoms with Crippen LogP contribution in [0.4, 0.5) is 5.13 Å². The summed E-state index contributed by atoms with van der Waals surface area (Å²) in [5.74, 6) is 0.497. The van der Waals surface area contributed by atoms with E-state index in [-0.39, 0.29) is 18.0 Å². The number of pyridine rings is 1. The molecule has 1 atom stereocenters. The van der Waals surface area contributed by atoms with Crippen LogP contribution in [0.1, 0.15) is 25.5 Å². The predicted octanol–water partition coefficient (Wildman–Crippen LogP) is 2.18. The van der Waals surface area contributed by atoms with E-state index in [2.05, 4.69) is 22.1 Å².